The van der Waals surface area contributed by atoms with Crippen LogP contribution in [-0.2, 0) is 0 Å². The van der Waals surface area contributed by atoms with Gasteiger partial charge in [0.1, 0.15) is 0 Å². The van der Waals surface area contributed by atoms with Crippen LogP contribution in [0.1, 0.15) is 0 Å². The van der Waals surface area contributed by atoms with Crippen molar-refractivity contribution in [2.75, 3.05) is 0 Å². The fourth-order valence-electron chi connectivity index (χ4n) is 10.8. The maximum absolute atomic E-state index is 5.35. The standard InChI is InChI=1S/C62H37N3/c1-3-14-41(15-4-1)62-63-53(37-54(64-62)50-27-13-29-56-61(50)51-23-7-8-28-55(51)65(56)46-21-5-2-6-22-46)43-20-9-19-42(34-43)45-35-44-33-32-40-17-11-25-48-47-24-10-16-38-30-31-39-18-12-26-49(59(39)57(38)47)52(36-45)60(44)58(40)48/h1-37H. The van der Waals surface area contributed by atoms with Crippen LogP contribution < -0.4 is 0 Å². The number of benzene rings is 11. The highest BCUT2D eigenvalue weighted by Gasteiger charge is 2.20. The first kappa shape index (κ1) is 35.9. The van der Waals surface area contributed by atoms with E-state index < -0.39 is 0 Å². The summed E-state index contributed by atoms with van der Waals surface area (Å²) >= 11 is 0. The Morgan fingerprint density at radius 1 is 0.277 bits per heavy atom. The Balaban J connectivity index is 1.01. The summed E-state index contributed by atoms with van der Waals surface area (Å²) in [6.07, 6.45) is 0. The summed E-state index contributed by atoms with van der Waals surface area (Å²) in [5.41, 5.74) is 10.6. The molecule has 0 aliphatic rings. The molecule has 14 rings (SSSR count). The largest absolute Gasteiger partial charge is 0.309 e. The van der Waals surface area contributed by atoms with Crippen molar-refractivity contribution in [2.24, 2.45) is 0 Å². The van der Waals surface area contributed by atoms with Gasteiger partial charge < -0.3 is 4.57 Å². The van der Waals surface area contributed by atoms with Gasteiger partial charge in [0.05, 0.1) is 22.4 Å². The van der Waals surface area contributed by atoms with Gasteiger partial charge >= 0.3 is 0 Å². The summed E-state index contributed by atoms with van der Waals surface area (Å²) < 4.78 is 2.36. The monoisotopic (exact) mass is 823 g/mol. The van der Waals surface area contributed by atoms with Crippen LogP contribution in [0, 0.1) is 0 Å². The highest BCUT2D eigenvalue weighted by molar-refractivity contribution is 6.37. The van der Waals surface area contributed by atoms with E-state index in [1.54, 1.807) is 0 Å². The van der Waals surface area contributed by atoms with Gasteiger partial charge in [0.2, 0.25) is 0 Å². The molecule has 0 aliphatic carbocycles. The lowest BCUT2D eigenvalue weighted by Gasteiger charge is -2.17. The molecule has 0 aliphatic heterocycles. The minimum atomic E-state index is 0.694. The molecule has 0 amide bonds. The SMILES string of the molecule is c1ccc(-c2nc(-c3cccc(-c4cc5ccc6cccc7c8cccc9ccc%10cccc(c(c4)c5c67)c%10c98)c3)cc(-c3cccc4c3c3ccccc3n4-c3ccccc3)n2)cc1. The molecule has 0 saturated heterocycles. The highest BCUT2D eigenvalue weighted by Crippen LogP contribution is 2.45. The Morgan fingerprint density at radius 3 is 1.52 bits per heavy atom. The van der Waals surface area contributed by atoms with Crippen LogP contribution in [0.25, 0.3) is 137 Å². The lowest BCUT2D eigenvalue weighted by atomic mass is 9.86. The summed E-state index contributed by atoms with van der Waals surface area (Å²) in [7, 11) is 0. The maximum Gasteiger partial charge on any atom is 0.160 e. The van der Waals surface area contributed by atoms with Crippen molar-refractivity contribution in [1.29, 1.82) is 0 Å². The van der Waals surface area contributed by atoms with Crippen molar-refractivity contribution in [3.63, 3.8) is 0 Å². The smallest absolute Gasteiger partial charge is 0.160 e. The zero-order valence-corrected chi connectivity index (χ0v) is 35.2. The molecule has 2 aromatic heterocycles. The van der Waals surface area contributed by atoms with E-state index in [0.717, 1.165) is 50.4 Å². The third-order valence-electron chi connectivity index (χ3n) is 13.7. The van der Waals surface area contributed by atoms with Crippen LogP contribution in [0.4, 0.5) is 0 Å². The van der Waals surface area contributed by atoms with E-state index in [-0.39, 0.29) is 0 Å². The van der Waals surface area contributed by atoms with E-state index in [1.165, 1.54) is 81.0 Å². The van der Waals surface area contributed by atoms with Crippen LogP contribution in [0.5, 0.6) is 0 Å². The third-order valence-corrected chi connectivity index (χ3v) is 13.7. The molecule has 12 aromatic carbocycles. The average Bonchev–Trinajstić information content (AvgIpc) is 3.72. The lowest BCUT2D eigenvalue weighted by Crippen LogP contribution is -1.97. The van der Waals surface area contributed by atoms with Gasteiger partial charge in [-0.25, -0.2) is 9.97 Å². The molecular formula is C62H37N3. The van der Waals surface area contributed by atoms with Gasteiger partial charge in [-0.05, 0) is 124 Å². The summed E-state index contributed by atoms with van der Waals surface area (Å²) in [5.74, 6) is 0.694. The van der Waals surface area contributed by atoms with Crippen molar-refractivity contribution in [3.05, 3.63) is 224 Å². The molecule has 0 radical (unpaired) electrons. The fraction of sp³-hybridized carbons (Fsp3) is 0. The second kappa shape index (κ2) is 13.9. The maximum atomic E-state index is 5.35. The van der Waals surface area contributed by atoms with Gasteiger partial charge in [-0.2, -0.15) is 0 Å². The lowest BCUT2D eigenvalue weighted by molar-refractivity contribution is 1.18. The normalized spacial score (nSPS) is 12.0. The van der Waals surface area contributed by atoms with E-state index in [0.29, 0.717) is 5.82 Å². The molecule has 300 valence electrons. The predicted octanol–water partition coefficient (Wildman–Crippen LogP) is 16.6. The number of nitrogens with zero attached hydrogens (tertiary/aromatic N) is 3. The minimum absolute atomic E-state index is 0.694. The van der Waals surface area contributed by atoms with Crippen molar-refractivity contribution in [1.82, 2.24) is 14.5 Å². The minimum Gasteiger partial charge on any atom is -0.309 e. The van der Waals surface area contributed by atoms with Crippen molar-refractivity contribution in [3.8, 4) is 50.7 Å². The second-order valence-electron chi connectivity index (χ2n) is 17.3. The molecule has 0 atom stereocenters. The summed E-state index contributed by atoms with van der Waals surface area (Å²) in [6, 6.07) is 81.7. The first-order valence-electron chi connectivity index (χ1n) is 22.3. The van der Waals surface area contributed by atoms with E-state index in [4.69, 9.17) is 9.97 Å². The van der Waals surface area contributed by atoms with Crippen molar-refractivity contribution < 1.29 is 0 Å². The molecular weight excluding hydrogens is 787 g/mol. The van der Waals surface area contributed by atoms with Crippen LogP contribution in [-0.4, -0.2) is 14.5 Å². The molecule has 0 fully saturated rings. The second-order valence-corrected chi connectivity index (χ2v) is 17.3. The number of fused-ring (bicyclic) bond motifs is 5. The van der Waals surface area contributed by atoms with Crippen molar-refractivity contribution in [2.45, 2.75) is 0 Å². The van der Waals surface area contributed by atoms with Crippen LogP contribution in [0.3, 0.4) is 0 Å². The molecule has 0 N–H and O–H groups in total. The number of aromatic nitrogens is 3. The van der Waals surface area contributed by atoms with E-state index in [2.05, 4.69) is 223 Å². The Hall–Kier alpha value is -8.66. The van der Waals surface area contributed by atoms with Crippen LogP contribution in [0.2, 0.25) is 0 Å². The van der Waals surface area contributed by atoms with E-state index in [1.807, 2.05) is 6.07 Å². The third kappa shape index (κ3) is 5.43. The molecule has 65 heavy (non-hydrogen) atoms. The van der Waals surface area contributed by atoms with Gasteiger partial charge in [0, 0.05) is 33.2 Å². The van der Waals surface area contributed by atoms with Crippen LogP contribution >= 0.6 is 0 Å². The van der Waals surface area contributed by atoms with Gasteiger partial charge in [-0.3, -0.25) is 0 Å². The van der Waals surface area contributed by atoms with Gasteiger partial charge in [0.25, 0.3) is 0 Å². The number of hydrogen-bond donors (Lipinski definition) is 0. The van der Waals surface area contributed by atoms with Gasteiger partial charge in [0.15, 0.2) is 5.82 Å². The summed E-state index contributed by atoms with van der Waals surface area (Å²) in [4.78, 5) is 10.7. The Kier molecular flexibility index (Phi) is 7.69. The molecule has 3 heteroatoms. The Bertz CT molecular complexity index is 4220. The molecule has 0 saturated carbocycles. The molecule has 14 aromatic rings. The number of para-hydroxylation sites is 2. The molecule has 0 spiro atoms. The molecule has 0 unspecified atom stereocenters. The summed E-state index contributed by atoms with van der Waals surface area (Å²) in [5, 5.41) is 17.7. The van der Waals surface area contributed by atoms with E-state index >= 15 is 0 Å². The zero-order chi connectivity index (χ0) is 42.6. The fourth-order valence-corrected chi connectivity index (χ4v) is 10.8. The Morgan fingerprint density at radius 2 is 0.800 bits per heavy atom. The van der Waals surface area contributed by atoms with Gasteiger partial charge in [-0.15, -0.1) is 0 Å². The molecule has 2 heterocycles. The first-order chi connectivity index (χ1) is 32.2. The number of hydrogen-bond acceptors (Lipinski definition) is 2. The van der Waals surface area contributed by atoms with Crippen LogP contribution in [0.15, 0.2) is 224 Å². The first-order valence-corrected chi connectivity index (χ1v) is 22.3. The Labute approximate surface area is 374 Å². The topological polar surface area (TPSA) is 30.7 Å². The molecule has 3 nitrogen and oxygen atoms in total. The quantitative estimate of drug-likeness (QED) is 0.162. The number of rotatable bonds is 5. The zero-order valence-electron chi connectivity index (χ0n) is 35.2. The molecule has 0 bridgehead atoms. The van der Waals surface area contributed by atoms with Gasteiger partial charge in [-0.1, -0.05) is 176 Å². The summed E-state index contributed by atoms with van der Waals surface area (Å²) in [6.45, 7) is 0. The van der Waals surface area contributed by atoms with Crippen molar-refractivity contribution >= 4 is 86.4 Å². The highest BCUT2D eigenvalue weighted by atomic mass is 15.0. The average molecular weight is 824 g/mol. The predicted molar refractivity (Wildman–Crippen MR) is 274 cm³/mol. The van der Waals surface area contributed by atoms with E-state index in [9.17, 15) is 0 Å².